The number of H-pyrrole nitrogens is 1. The normalized spacial score (nSPS) is 15.8. The van der Waals surface area contributed by atoms with Crippen LogP contribution in [0.3, 0.4) is 0 Å². The van der Waals surface area contributed by atoms with Gasteiger partial charge in [-0.25, -0.2) is 9.37 Å². The van der Waals surface area contributed by atoms with Gasteiger partial charge in [0.25, 0.3) is 5.91 Å². The van der Waals surface area contributed by atoms with Crippen molar-refractivity contribution in [3.63, 3.8) is 0 Å². The number of aromatic nitrogens is 2. The number of fused-ring (bicyclic) bond motifs is 1. The van der Waals surface area contributed by atoms with E-state index in [2.05, 4.69) is 41.0 Å². The number of aliphatic hydroxyl groups is 1. The third-order valence-corrected chi connectivity index (χ3v) is 14.5. The van der Waals surface area contributed by atoms with E-state index < -0.39 is 12.1 Å². The number of amides is 1. The topological polar surface area (TPSA) is 168 Å². The van der Waals surface area contributed by atoms with Crippen LogP contribution in [0.1, 0.15) is 168 Å². The first-order chi connectivity index (χ1) is 30.9. The maximum atomic E-state index is 14.7. The molecule has 0 bridgehead atoms. The molecule has 2 saturated heterocycles. The Morgan fingerprint density at radius 2 is 1.64 bits per heavy atom. The van der Waals surface area contributed by atoms with Gasteiger partial charge >= 0.3 is 10.8 Å². The molecule has 1 amide bonds. The number of nitrogens with zero attached hydrogens (tertiary/aromatic N) is 3. The summed E-state index contributed by atoms with van der Waals surface area (Å²) in [4.78, 5) is 46.4. The van der Waals surface area contributed by atoms with Crippen LogP contribution in [0.2, 0.25) is 0 Å². The molecule has 4 aromatic rings. The second-order valence-electron chi connectivity index (χ2n) is 17.9. The summed E-state index contributed by atoms with van der Waals surface area (Å²) < 4.78 is 21.5. The van der Waals surface area contributed by atoms with Gasteiger partial charge in [0.1, 0.15) is 22.8 Å². The molecule has 6 rings (SSSR count). The fourth-order valence-corrected chi connectivity index (χ4v) is 10.3. The molecule has 0 saturated carbocycles. The van der Waals surface area contributed by atoms with Crippen molar-refractivity contribution in [3.8, 4) is 5.75 Å². The number of carbonyl (C=O) groups is 2. The van der Waals surface area contributed by atoms with E-state index in [0.29, 0.717) is 78.6 Å². The van der Waals surface area contributed by atoms with Gasteiger partial charge in [0.2, 0.25) is 0 Å². The first-order valence-electron chi connectivity index (χ1n) is 23.7. The van der Waals surface area contributed by atoms with E-state index in [1.807, 2.05) is 22.4 Å². The SMILES string of the molecule is CC(C)c1nc(C(=O)N2CCOC3(CCN(Cc4ccc(F)c(CCNC[C@H](O)c5ccc(O)c6[nH]c(=O)sc56)c4)CC3)C2)cs1.CCCCCCCCCCCCCCCC(=O)O. The number of hydrogen-bond acceptors (Lipinski definition) is 11. The van der Waals surface area contributed by atoms with Crippen molar-refractivity contribution in [2.24, 2.45) is 0 Å². The quantitative estimate of drug-likeness (QED) is 0.0427. The number of carboxylic acids is 1. The van der Waals surface area contributed by atoms with E-state index in [-0.39, 0.29) is 34.5 Å². The Balaban J connectivity index is 0.000000363. The highest BCUT2D eigenvalue weighted by atomic mass is 32.1. The number of carboxylic acid groups (broad SMARTS) is 1. The van der Waals surface area contributed by atoms with Gasteiger partial charge in [-0.15, -0.1) is 11.3 Å². The minimum Gasteiger partial charge on any atom is -0.506 e. The second kappa shape index (κ2) is 26.4. The van der Waals surface area contributed by atoms with Crippen LogP contribution in [-0.4, -0.2) is 98.4 Å². The minimum atomic E-state index is -0.892. The standard InChI is InChI=1S/C33H40FN5O5S2.C16H32O2/c1-20(2)30-36-25(18-45-30)31(42)39-13-14-44-33(19-39)8-11-38(12-9-33)17-21-3-5-24(34)22(15-21)7-10-35-16-27(41)23-4-6-26(40)28-29(23)46-32(43)37-28;1-2-3-4-5-6-7-8-9-10-11-12-13-14-15-16(17)18/h3-6,15,18,20,27,35,40-41H,7-14,16-17,19H2,1-2H3,(H,37,43);2-15H2,1H3,(H,17,18)/t27-;/m0./s1. The van der Waals surface area contributed by atoms with Crippen molar-refractivity contribution in [2.45, 2.75) is 154 Å². The number of morpholine rings is 1. The lowest BCUT2D eigenvalue weighted by Gasteiger charge is -2.47. The fourth-order valence-electron chi connectivity index (χ4n) is 8.60. The Labute approximate surface area is 386 Å². The Hall–Kier alpha value is -3.73. The van der Waals surface area contributed by atoms with Crippen LogP contribution in [0.15, 0.2) is 40.5 Å². The molecule has 0 unspecified atom stereocenters. The zero-order valence-electron chi connectivity index (χ0n) is 38.3. The average Bonchev–Trinajstić information content (AvgIpc) is 3.94. The number of aromatic hydroxyl groups is 1. The van der Waals surface area contributed by atoms with Gasteiger partial charge in [0.05, 0.1) is 34.6 Å². The number of halogens is 1. The number of likely N-dealkylation sites (tertiary alicyclic amines) is 1. The molecule has 0 radical (unpaired) electrons. The molecule has 354 valence electrons. The highest BCUT2D eigenvalue weighted by molar-refractivity contribution is 7.16. The Morgan fingerprint density at radius 3 is 2.28 bits per heavy atom. The summed E-state index contributed by atoms with van der Waals surface area (Å²) in [6.07, 6.45) is 18.5. The number of aliphatic carboxylic acids is 1. The van der Waals surface area contributed by atoms with Gasteiger partial charge in [-0.2, -0.15) is 0 Å². The molecule has 0 aliphatic carbocycles. The van der Waals surface area contributed by atoms with Crippen LogP contribution in [0, 0.1) is 5.82 Å². The Kier molecular flexibility index (Phi) is 21.2. The maximum absolute atomic E-state index is 14.7. The molecule has 2 fully saturated rings. The van der Waals surface area contributed by atoms with E-state index in [1.54, 1.807) is 6.07 Å². The van der Waals surface area contributed by atoms with Crippen molar-refractivity contribution >= 4 is 44.8 Å². The lowest BCUT2D eigenvalue weighted by Crippen LogP contribution is -2.58. The van der Waals surface area contributed by atoms with Gasteiger partial charge in [-0.1, -0.05) is 127 Å². The van der Waals surface area contributed by atoms with Gasteiger partial charge in [0, 0.05) is 56.0 Å². The van der Waals surface area contributed by atoms with Crippen LogP contribution >= 0.6 is 22.7 Å². The molecule has 2 aromatic heterocycles. The van der Waals surface area contributed by atoms with Gasteiger partial charge in [-0.05, 0) is 55.5 Å². The number of aromatic amines is 1. The summed E-state index contributed by atoms with van der Waals surface area (Å²) >= 11 is 2.48. The summed E-state index contributed by atoms with van der Waals surface area (Å²) in [5.74, 6) is -0.678. The fraction of sp³-hybridized carbons (Fsp3) is 0.633. The largest absolute Gasteiger partial charge is 0.506 e. The van der Waals surface area contributed by atoms with Crippen molar-refractivity contribution in [3.05, 3.63) is 78.6 Å². The van der Waals surface area contributed by atoms with Crippen LogP contribution in [0.25, 0.3) is 10.2 Å². The molecule has 1 atom stereocenters. The van der Waals surface area contributed by atoms with E-state index in [9.17, 15) is 29.0 Å². The Bertz CT molecular complexity index is 2100. The van der Waals surface area contributed by atoms with Crippen LogP contribution in [-0.2, 0) is 22.5 Å². The van der Waals surface area contributed by atoms with Crippen LogP contribution < -0.4 is 10.2 Å². The number of hydrogen-bond donors (Lipinski definition) is 5. The van der Waals surface area contributed by atoms with Crippen molar-refractivity contribution in [1.29, 1.82) is 0 Å². The average molecular weight is 926 g/mol. The highest BCUT2D eigenvalue weighted by Crippen LogP contribution is 2.33. The smallest absolute Gasteiger partial charge is 0.305 e. The van der Waals surface area contributed by atoms with Crippen LogP contribution in [0.4, 0.5) is 4.39 Å². The predicted octanol–water partition coefficient (Wildman–Crippen LogP) is 9.94. The lowest BCUT2D eigenvalue weighted by atomic mass is 9.89. The number of carbonyl (C=O) groups excluding carboxylic acids is 1. The summed E-state index contributed by atoms with van der Waals surface area (Å²) in [6, 6.07) is 8.32. The highest BCUT2D eigenvalue weighted by Gasteiger charge is 2.41. The Morgan fingerprint density at radius 1 is 0.969 bits per heavy atom. The monoisotopic (exact) mass is 925 g/mol. The molecule has 12 nitrogen and oxygen atoms in total. The molecule has 64 heavy (non-hydrogen) atoms. The molecule has 2 aliphatic heterocycles. The minimum absolute atomic E-state index is 0.0206. The number of phenols is 1. The number of nitrogens with one attached hydrogen (secondary N) is 2. The first kappa shape index (κ1) is 51.3. The zero-order chi connectivity index (χ0) is 45.9. The van der Waals surface area contributed by atoms with E-state index in [1.165, 1.54) is 94.1 Å². The predicted molar refractivity (Wildman–Crippen MR) is 255 cm³/mol. The summed E-state index contributed by atoms with van der Waals surface area (Å²) in [6.45, 7) is 11.1. The lowest BCUT2D eigenvalue weighted by molar-refractivity contribution is -0.137. The number of aliphatic hydroxyl groups excluding tert-OH is 1. The van der Waals surface area contributed by atoms with E-state index in [0.717, 1.165) is 60.7 Å². The number of thiazole rings is 2. The molecular weight excluding hydrogens is 854 g/mol. The van der Waals surface area contributed by atoms with E-state index >= 15 is 0 Å². The third kappa shape index (κ3) is 16.0. The van der Waals surface area contributed by atoms with Gasteiger partial charge in [0.15, 0.2) is 0 Å². The molecular formula is C49H72FN5O7S2. The third-order valence-electron chi connectivity index (χ3n) is 12.4. The van der Waals surface area contributed by atoms with Crippen molar-refractivity contribution < 1.29 is 34.0 Å². The van der Waals surface area contributed by atoms with Gasteiger partial charge < -0.3 is 35.3 Å². The number of unbranched alkanes of at least 4 members (excludes halogenated alkanes) is 12. The van der Waals surface area contributed by atoms with Crippen LogP contribution in [0.5, 0.6) is 5.75 Å². The zero-order valence-corrected chi connectivity index (χ0v) is 39.9. The van der Waals surface area contributed by atoms with E-state index in [4.69, 9.17) is 9.84 Å². The molecule has 1 spiro atoms. The molecule has 2 aromatic carbocycles. The number of benzene rings is 2. The second-order valence-corrected chi connectivity index (χ2v) is 19.8. The number of ether oxygens (including phenoxy) is 1. The summed E-state index contributed by atoms with van der Waals surface area (Å²) in [5.41, 5.74) is 2.69. The van der Waals surface area contributed by atoms with Crippen molar-refractivity contribution in [1.82, 2.24) is 25.1 Å². The maximum Gasteiger partial charge on any atom is 0.305 e. The van der Waals surface area contributed by atoms with Gasteiger partial charge in [-0.3, -0.25) is 19.3 Å². The molecule has 2 aliphatic rings. The first-order valence-corrected chi connectivity index (χ1v) is 25.4. The number of rotatable bonds is 24. The van der Waals surface area contributed by atoms with Crippen molar-refractivity contribution in [2.75, 3.05) is 45.9 Å². The molecule has 5 N–H and O–H groups in total. The molecule has 15 heteroatoms. The number of piperidine rings is 1. The summed E-state index contributed by atoms with van der Waals surface area (Å²) in [5, 5.41) is 35.3. The summed E-state index contributed by atoms with van der Waals surface area (Å²) in [7, 11) is 0. The molecule has 4 heterocycles. The number of phenolic OH excluding ortho intramolecular Hbond substituents is 1.